The van der Waals surface area contributed by atoms with E-state index in [-0.39, 0.29) is 17.3 Å². The van der Waals surface area contributed by atoms with E-state index in [1.54, 1.807) is 29.2 Å². The van der Waals surface area contributed by atoms with E-state index in [1.807, 2.05) is 37.3 Å². The van der Waals surface area contributed by atoms with E-state index in [2.05, 4.69) is 4.90 Å². The summed E-state index contributed by atoms with van der Waals surface area (Å²) >= 11 is 0. The van der Waals surface area contributed by atoms with Gasteiger partial charge in [0, 0.05) is 31.9 Å². The van der Waals surface area contributed by atoms with E-state index >= 15 is 0 Å². The van der Waals surface area contributed by atoms with Crippen LogP contribution in [0.2, 0.25) is 0 Å². The molecule has 0 aromatic heterocycles. The lowest BCUT2D eigenvalue weighted by Crippen LogP contribution is -2.52. The molecule has 1 aliphatic heterocycles. The fraction of sp³-hybridized carbons (Fsp3) is 0.269. The van der Waals surface area contributed by atoms with Crippen LogP contribution < -0.4 is 13.9 Å². The number of amides is 1. The van der Waals surface area contributed by atoms with Gasteiger partial charge in [-0.15, -0.1) is 0 Å². The van der Waals surface area contributed by atoms with Crippen molar-refractivity contribution < 1.29 is 22.3 Å². The van der Waals surface area contributed by atoms with Crippen LogP contribution in [0.3, 0.4) is 0 Å². The van der Waals surface area contributed by atoms with E-state index < -0.39 is 15.8 Å². The van der Waals surface area contributed by atoms with Crippen molar-refractivity contribution in [2.24, 2.45) is 0 Å². The fourth-order valence-corrected chi connectivity index (χ4v) is 5.41. The van der Waals surface area contributed by atoms with Crippen molar-refractivity contribution in [1.82, 2.24) is 4.90 Å². The number of benzene rings is 3. The highest BCUT2D eigenvalue weighted by Gasteiger charge is 2.30. The smallest absolute Gasteiger partial charge is 0.264 e. The van der Waals surface area contributed by atoms with E-state index in [0.29, 0.717) is 44.2 Å². The third-order valence-corrected chi connectivity index (χ3v) is 7.66. The predicted octanol–water partition coefficient (Wildman–Crippen LogP) is 3.77. The highest BCUT2D eigenvalue weighted by Crippen LogP contribution is 2.26. The molecule has 3 aromatic rings. The first kappa shape index (κ1) is 24.5. The second-order valence-electron chi connectivity index (χ2n) is 8.10. The quantitative estimate of drug-likeness (QED) is 0.474. The molecule has 1 fully saturated rings. The van der Waals surface area contributed by atoms with Crippen LogP contribution in [-0.2, 0) is 14.8 Å². The summed E-state index contributed by atoms with van der Waals surface area (Å²) in [6.45, 7) is 4.26. The number of nitrogens with zero attached hydrogens (tertiary/aromatic N) is 3. The molecule has 0 bridgehead atoms. The number of hydrogen-bond donors (Lipinski definition) is 0. The summed E-state index contributed by atoms with van der Waals surface area (Å²) in [6.07, 6.45) is 0. The lowest BCUT2D eigenvalue weighted by Gasteiger charge is -2.37. The molecule has 1 aliphatic rings. The number of ether oxygens (including phenoxy) is 1. The zero-order valence-electron chi connectivity index (χ0n) is 19.5. The second kappa shape index (κ2) is 10.8. The lowest BCUT2D eigenvalue weighted by molar-refractivity contribution is -0.129. The van der Waals surface area contributed by atoms with Crippen molar-refractivity contribution in [1.29, 1.82) is 0 Å². The molecule has 0 atom stereocenters. The Morgan fingerprint density at radius 1 is 0.914 bits per heavy atom. The van der Waals surface area contributed by atoms with E-state index in [0.717, 1.165) is 22.1 Å². The molecule has 4 rings (SSSR count). The molecule has 0 saturated carbocycles. The number of piperazine rings is 1. The van der Waals surface area contributed by atoms with Crippen molar-refractivity contribution in [2.75, 3.05) is 48.5 Å². The van der Waals surface area contributed by atoms with Crippen LogP contribution in [0.15, 0.2) is 83.8 Å². The number of halogens is 1. The monoisotopic (exact) mass is 497 g/mol. The summed E-state index contributed by atoms with van der Waals surface area (Å²) < 4.78 is 47.0. The maximum atomic E-state index is 13.5. The molecular weight excluding hydrogens is 469 g/mol. The predicted molar refractivity (Wildman–Crippen MR) is 134 cm³/mol. The van der Waals surface area contributed by atoms with Gasteiger partial charge in [0.15, 0.2) is 0 Å². The van der Waals surface area contributed by atoms with Gasteiger partial charge in [-0.25, -0.2) is 12.8 Å². The zero-order valence-corrected chi connectivity index (χ0v) is 20.3. The van der Waals surface area contributed by atoms with Gasteiger partial charge in [-0.2, -0.15) is 0 Å². The first-order valence-electron chi connectivity index (χ1n) is 11.5. The van der Waals surface area contributed by atoms with Crippen LogP contribution in [0.4, 0.5) is 15.8 Å². The topological polar surface area (TPSA) is 70.2 Å². The Morgan fingerprint density at radius 2 is 1.54 bits per heavy atom. The zero-order chi connectivity index (χ0) is 24.8. The molecule has 0 unspecified atom stereocenters. The maximum Gasteiger partial charge on any atom is 0.264 e. The van der Waals surface area contributed by atoms with E-state index in [1.165, 1.54) is 12.1 Å². The first-order valence-corrected chi connectivity index (χ1v) is 12.9. The molecule has 1 saturated heterocycles. The molecule has 7 nitrogen and oxygen atoms in total. The van der Waals surface area contributed by atoms with Gasteiger partial charge in [0.25, 0.3) is 10.0 Å². The van der Waals surface area contributed by atoms with Gasteiger partial charge < -0.3 is 14.5 Å². The minimum atomic E-state index is -4.12. The molecule has 1 heterocycles. The Hall–Kier alpha value is -3.59. The molecule has 35 heavy (non-hydrogen) atoms. The van der Waals surface area contributed by atoms with Crippen molar-refractivity contribution in [2.45, 2.75) is 11.8 Å². The maximum absolute atomic E-state index is 13.5. The Balaban J connectivity index is 1.54. The van der Waals surface area contributed by atoms with Crippen LogP contribution in [0.5, 0.6) is 5.75 Å². The minimum absolute atomic E-state index is 0.0884. The number of anilines is 2. The summed E-state index contributed by atoms with van der Waals surface area (Å²) in [5.74, 6) is -0.236. The number of para-hydroxylation sites is 1. The van der Waals surface area contributed by atoms with Crippen LogP contribution in [0.1, 0.15) is 6.92 Å². The highest BCUT2D eigenvalue weighted by molar-refractivity contribution is 7.92. The van der Waals surface area contributed by atoms with Gasteiger partial charge in [-0.3, -0.25) is 9.10 Å². The van der Waals surface area contributed by atoms with Gasteiger partial charge in [0.1, 0.15) is 18.1 Å². The fourth-order valence-electron chi connectivity index (χ4n) is 4.00. The summed E-state index contributed by atoms with van der Waals surface area (Å²) in [5, 5.41) is 0. The molecule has 1 amide bonds. The number of carbonyl (C=O) groups excluding carboxylic acids is 1. The summed E-state index contributed by atoms with van der Waals surface area (Å²) in [6, 6.07) is 21.1. The van der Waals surface area contributed by atoms with Gasteiger partial charge in [-0.05, 0) is 67.6 Å². The molecule has 0 radical (unpaired) electrons. The van der Waals surface area contributed by atoms with Crippen LogP contribution in [0, 0.1) is 5.82 Å². The van der Waals surface area contributed by atoms with Crippen molar-refractivity contribution in [3.8, 4) is 5.75 Å². The molecular formula is C26H28FN3O4S. The molecule has 9 heteroatoms. The largest absolute Gasteiger partial charge is 0.494 e. The number of rotatable bonds is 8. The standard InChI is InChI=1S/C26H28FN3O4S/c1-2-34-24-12-10-23(11-13-24)30(35(32,33)25-14-8-21(27)9-15-25)20-26(31)29-18-16-28(17-19-29)22-6-4-3-5-7-22/h3-15H,2,16-20H2,1H3. The van der Waals surface area contributed by atoms with Gasteiger partial charge in [-0.1, -0.05) is 18.2 Å². The Labute approximate surface area is 205 Å². The molecule has 3 aromatic carbocycles. The molecule has 184 valence electrons. The van der Waals surface area contributed by atoms with Crippen molar-refractivity contribution in [3.63, 3.8) is 0 Å². The highest BCUT2D eigenvalue weighted by atomic mass is 32.2. The Bertz CT molecular complexity index is 1230. The third kappa shape index (κ3) is 5.74. The number of sulfonamides is 1. The Morgan fingerprint density at radius 3 is 2.14 bits per heavy atom. The first-order chi connectivity index (χ1) is 16.9. The van der Waals surface area contributed by atoms with Gasteiger partial charge in [0.05, 0.1) is 17.2 Å². The van der Waals surface area contributed by atoms with Gasteiger partial charge >= 0.3 is 0 Å². The van der Waals surface area contributed by atoms with Crippen LogP contribution in [0.25, 0.3) is 0 Å². The molecule has 0 aliphatic carbocycles. The summed E-state index contributed by atoms with van der Waals surface area (Å²) in [5.41, 5.74) is 1.42. The van der Waals surface area contributed by atoms with Crippen LogP contribution in [-0.4, -0.2) is 58.6 Å². The number of carbonyl (C=O) groups is 1. The lowest BCUT2D eigenvalue weighted by atomic mass is 10.2. The summed E-state index contributed by atoms with van der Waals surface area (Å²) in [7, 11) is -4.12. The van der Waals surface area contributed by atoms with E-state index in [4.69, 9.17) is 4.74 Å². The Kier molecular flexibility index (Phi) is 7.55. The van der Waals surface area contributed by atoms with Crippen LogP contribution >= 0.6 is 0 Å². The second-order valence-corrected chi connectivity index (χ2v) is 9.96. The average molecular weight is 498 g/mol. The summed E-state index contributed by atoms with van der Waals surface area (Å²) in [4.78, 5) is 17.0. The molecule has 0 N–H and O–H groups in total. The van der Waals surface area contributed by atoms with Crippen molar-refractivity contribution in [3.05, 3.63) is 84.7 Å². The van der Waals surface area contributed by atoms with Gasteiger partial charge in [0.2, 0.25) is 5.91 Å². The third-order valence-electron chi connectivity index (χ3n) is 5.87. The minimum Gasteiger partial charge on any atom is -0.494 e. The SMILES string of the molecule is CCOc1ccc(N(CC(=O)N2CCN(c3ccccc3)CC2)S(=O)(=O)c2ccc(F)cc2)cc1. The van der Waals surface area contributed by atoms with E-state index in [9.17, 15) is 17.6 Å². The normalized spacial score (nSPS) is 14.0. The average Bonchev–Trinajstić information content (AvgIpc) is 2.89. The molecule has 0 spiro atoms. The number of hydrogen-bond acceptors (Lipinski definition) is 5. The van der Waals surface area contributed by atoms with Crippen molar-refractivity contribution >= 4 is 27.3 Å².